The van der Waals surface area contributed by atoms with Gasteiger partial charge in [-0.15, -0.1) is 0 Å². The first kappa shape index (κ1) is 23.8. The summed E-state index contributed by atoms with van der Waals surface area (Å²) in [7, 11) is 0. The Bertz CT molecular complexity index is 1310. The van der Waals surface area contributed by atoms with Crippen LogP contribution in [-0.2, 0) is 5.79 Å². The summed E-state index contributed by atoms with van der Waals surface area (Å²) >= 11 is 12.5. The topological polar surface area (TPSA) is 38.8 Å². The molecule has 0 radical (unpaired) electrons. The van der Waals surface area contributed by atoms with Gasteiger partial charge in [-0.25, -0.2) is 17.6 Å². The molecule has 2 aliphatic rings. The van der Waals surface area contributed by atoms with Gasteiger partial charge in [-0.3, -0.25) is 4.79 Å². The number of carbonyl (C=O) groups is 1. The van der Waals surface area contributed by atoms with Crippen LogP contribution in [0.25, 0.3) is 0 Å². The van der Waals surface area contributed by atoms with Gasteiger partial charge >= 0.3 is 5.79 Å². The van der Waals surface area contributed by atoms with Crippen molar-refractivity contribution in [2.75, 3.05) is 13.1 Å². The molecular formula is C25H17Cl2F4NO3. The Labute approximate surface area is 208 Å². The number of likely N-dealkylation sites (tertiary alicyclic amines) is 1. The molecule has 0 spiro atoms. The maximum atomic E-state index is 15.0. The van der Waals surface area contributed by atoms with Crippen LogP contribution in [0.2, 0.25) is 10.0 Å². The number of amides is 1. The molecule has 5 rings (SSSR count). The molecule has 182 valence electrons. The minimum Gasteiger partial charge on any atom is -0.440 e. The van der Waals surface area contributed by atoms with E-state index in [0.29, 0.717) is 16.1 Å². The number of nitrogens with zero attached hydrogens (tertiary/aromatic N) is 1. The van der Waals surface area contributed by atoms with Gasteiger partial charge in [0, 0.05) is 42.6 Å². The molecule has 0 aromatic heterocycles. The van der Waals surface area contributed by atoms with Gasteiger partial charge in [0.15, 0.2) is 11.5 Å². The van der Waals surface area contributed by atoms with E-state index in [0.717, 1.165) is 6.07 Å². The Morgan fingerprint density at radius 1 is 0.886 bits per heavy atom. The third-order valence-corrected chi connectivity index (χ3v) is 6.61. The molecule has 3 aromatic carbocycles. The zero-order valence-corrected chi connectivity index (χ0v) is 19.5. The van der Waals surface area contributed by atoms with Gasteiger partial charge in [0.1, 0.15) is 11.6 Å². The fourth-order valence-corrected chi connectivity index (χ4v) is 4.74. The second-order valence-electron chi connectivity index (χ2n) is 8.38. The molecule has 1 amide bonds. The lowest BCUT2D eigenvalue weighted by atomic mass is 9.97. The van der Waals surface area contributed by atoms with E-state index in [2.05, 4.69) is 0 Å². The van der Waals surface area contributed by atoms with Crippen LogP contribution in [0.15, 0.2) is 54.6 Å². The molecule has 4 nitrogen and oxygen atoms in total. The van der Waals surface area contributed by atoms with Crippen LogP contribution >= 0.6 is 23.2 Å². The summed E-state index contributed by atoms with van der Waals surface area (Å²) < 4.78 is 67.9. The number of piperidine rings is 1. The van der Waals surface area contributed by atoms with Crippen LogP contribution in [0.3, 0.4) is 0 Å². The number of rotatable bonds is 3. The van der Waals surface area contributed by atoms with Crippen LogP contribution in [0, 0.1) is 11.6 Å². The first-order chi connectivity index (χ1) is 16.6. The number of ether oxygens (including phenoxy) is 2. The van der Waals surface area contributed by atoms with Crippen molar-refractivity contribution in [1.82, 2.24) is 4.90 Å². The number of alkyl halides is 2. The Balaban J connectivity index is 1.55. The van der Waals surface area contributed by atoms with Crippen molar-refractivity contribution in [3.63, 3.8) is 0 Å². The summed E-state index contributed by atoms with van der Waals surface area (Å²) in [6.07, 6.45) is -0.985. The molecule has 3 aromatic rings. The van der Waals surface area contributed by atoms with E-state index in [9.17, 15) is 18.0 Å². The zero-order valence-electron chi connectivity index (χ0n) is 18.0. The normalized spacial score (nSPS) is 20.7. The van der Waals surface area contributed by atoms with Gasteiger partial charge in [0.05, 0.1) is 16.1 Å². The summed E-state index contributed by atoms with van der Waals surface area (Å²) in [5.41, 5.74) is 0.332. The van der Waals surface area contributed by atoms with Gasteiger partial charge < -0.3 is 14.4 Å². The highest BCUT2D eigenvalue weighted by Gasteiger charge is 2.48. The molecule has 1 atom stereocenters. The minimum absolute atomic E-state index is 0.0143. The highest BCUT2D eigenvalue weighted by Crippen LogP contribution is 2.50. The van der Waals surface area contributed by atoms with Crippen LogP contribution in [-0.4, -0.2) is 29.8 Å². The van der Waals surface area contributed by atoms with Crippen molar-refractivity contribution < 1.29 is 31.8 Å². The van der Waals surface area contributed by atoms with E-state index < -0.39 is 42.1 Å². The predicted molar refractivity (Wildman–Crippen MR) is 121 cm³/mol. The third kappa shape index (κ3) is 4.29. The van der Waals surface area contributed by atoms with Crippen molar-refractivity contribution in [3.8, 4) is 11.5 Å². The Morgan fingerprint density at radius 2 is 1.51 bits per heavy atom. The van der Waals surface area contributed by atoms with Crippen LogP contribution in [0.4, 0.5) is 17.6 Å². The lowest BCUT2D eigenvalue weighted by Crippen LogP contribution is -2.43. The molecule has 0 aliphatic carbocycles. The Hall–Kier alpha value is -2.97. The molecular weight excluding hydrogens is 509 g/mol. The van der Waals surface area contributed by atoms with Gasteiger partial charge in [0.25, 0.3) is 11.8 Å². The number of carbonyl (C=O) groups excluding carboxylic acids is 1. The molecule has 1 unspecified atom stereocenters. The van der Waals surface area contributed by atoms with Crippen LogP contribution in [0.5, 0.6) is 11.5 Å². The first-order valence-electron chi connectivity index (χ1n) is 10.7. The summed E-state index contributed by atoms with van der Waals surface area (Å²) in [5.74, 6) is -6.67. The maximum absolute atomic E-state index is 15.0. The quantitative estimate of drug-likeness (QED) is 0.352. The SMILES string of the molecule is O=C(c1cc2c(cc1F)OC(c1ccc(F)cc1)(c1ccc(Cl)cc1Cl)O2)N1CCC(F)(F)CC1. The van der Waals surface area contributed by atoms with Crippen molar-refractivity contribution in [3.05, 3.63) is 93.0 Å². The van der Waals surface area contributed by atoms with Crippen molar-refractivity contribution in [2.24, 2.45) is 0 Å². The van der Waals surface area contributed by atoms with Gasteiger partial charge in [0.2, 0.25) is 0 Å². The summed E-state index contributed by atoms with van der Waals surface area (Å²) in [6.45, 7) is -0.390. The number of halogens is 6. The van der Waals surface area contributed by atoms with Crippen LogP contribution in [0.1, 0.15) is 34.3 Å². The molecule has 2 heterocycles. The first-order valence-corrected chi connectivity index (χ1v) is 11.4. The smallest absolute Gasteiger partial charge is 0.307 e. The minimum atomic E-state index is -2.85. The van der Waals surface area contributed by atoms with E-state index in [-0.39, 0.29) is 35.2 Å². The lowest BCUT2D eigenvalue weighted by molar-refractivity contribution is -0.0497. The van der Waals surface area contributed by atoms with Gasteiger partial charge in [-0.1, -0.05) is 23.2 Å². The fraction of sp³-hybridized carbons (Fsp3) is 0.240. The number of benzene rings is 3. The van der Waals surface area contributed by atoms with Crippen molar-refractivity contribution in [1.29, 1.82) is 0 Å². The molecule has 1 fully saturated rings. The van der Waals surface area contributed by atoms with E-state index in [4.69, 9.17) is 32.7 Å². The van der Waals surface area contributed by atoms with Gasteiger partial charge in [-0.2, -0.15) is 0 Å². The molecule has 35 heavy (non-hydrogen) atoms. The van der Waals surface area contributed by atoms with E-state index >= 15 is 4.39 Å². The van der Waals surface area contributed by atoms with Crippen molar-refractivity contribution in [2.45, 2.75) is 24.6 Å². The number of fused-ring (bicyclic) bond motifs is 1. The Kier molecular flexibility index (Phi) is 5.84. The summed E-state index contributed by atoms with van der Waals surface area (Å²) in [4.78, 5) is 14.1. The molecule has 10 heteroatoms. The average molecular weight is 526 g/mol. The van der Waals surface area contributed by atoms with Crippen molar-refractivity contribution >= 4 is 29.1 Å². The molecule has 1 saturated heterocycles. The predicted octanol–water partition coefficient (Wildman–Crippen LogP) is 6.82. The molecule has 2 aliphatic heterocycles. The highest BCUT2D eigenvalue weighted by atomic mass is 35.5. The second kappa shape index (κ2) is 8.60. The van der Waals surface area contributed by atoms with Crippen LogP contribution < -0.4 is 9.47 Å². The third-order valence-electron chi connectivity index (χ3n) is 6.06. The molecule has 0 saturated carbocycles. The number of hydrogen-bond acceptors (Lipinski definition) is 3. The van der Waals surface area contributed by atoms with Gasteiger partial charge in [-0.05, 0) is 48.5 Å². The molecule has 0 N–H and O–H groups in total. The maximum Gasteiger partial charge on any atom is 0.307 e. The second-order valence-corrected chi connectivity index (χ2v) is 9.22. The summed E-state index contributed by atoms with van der Waals surface area (Å²) in [5, 5.41) is 0.537. The summed E-state index contributed by atoms with van der Waals surface area (Å²) in [6, 6.07) is 12.1. The zero-order chi connectivity index (χ0) is 25.0. The monoisotopic (exact) mass is 525 g/mol. The average Bonchev–Trinajstić information content (AvgIpc) is 3.17. The van der Waals surface area contributed by atoms with E-state index in [1.807, 2.05) is 0 Å². The number of hydrogen-bond donors (Lipinski definition) is 0. The molecule has 0 bridgehead atoms. The lowest BCUT2D eigenvalue weighted by Gasteiger charge is -2.31. The Morgan fingerprint density at radius 3 is 2.14 bits per heavy atom. The standard InChI is InChI=1S/C25H17Cl2F4NO3/c26-15-3-6-18(19(27)11-15)25(14-1-4-16(28)5-2-14)34-21-12-17(20(29)13-22(21)35-25)23(33)32-9-7-24(30,31)8-10-32/h1-6,11-13H,7-10H2. The van der Waals surface area contributed by atoms with E-state index in [1.54, 1.807) is 12.1 Å². The largest absolute Gasteiger partial charge is 0.440 e. The highest BCUT2D eigenvalue weighted by molar-refractivity contribution is 6.35. The fourth-order valence-electron chi connectivity index (χ4n) is 4.21. The van der Waals surface area contributed by atoms with E-state index in [1.165, 1.54) is 41.3 Å².